The number of fused-ring (bicyclic) bond motifs is 1. The van der Waals surface area contributed by atoms with Gasteiger partial charge in [0.25, 0.3) is 6.43 Å². The van der Waals surface area contributed by atoms with Gasteiger partial charge in [0, 0.05) is 35.1 Å². The summed E-state index contributed by atoms with van der Waals surface area (Å²) in [7, 11) is 1.57. The van der Waals surface area contributed by atoms with E-state index in [0.29, 0.717) is 27.8 Å². The molecular weight excluding hydrogens is 417 g/mol. The first-order chi connectivity index (χ1) is 15.2. The number of hydrazine groups is 1. The molecule has 1 aromatic carbocycles. The number of pyridine rings is 2. The molecule has 0 radical (unpaired) electrons. The number of rotatable bonds is 5. The van der Waals surface area contributed by atoms with Gasteiger partial charge in [-0.05, 0) is 56.0 Å². The van der Waals surface area contributed by atoms with Gasteiger partial charge in [0.2, 0.25) is 0 Å². The maximum atomic E-state index is 14.2. The van der Waals surface area contributed by atoms with Crippen molar-refractivity contribution in [1.29, 1.82) is 0 Å². The molecule has 9 heteroatoms. The van der Waals surface area contributed by atoms with Gasteiger partial charge in [-0.1, -0.05) is 5.92 Å². The Morgan fingerprint density at radius 1 is 1.19 bits per heavy atom. The van der Waals surface area contributed by atoms with Crippen LogP contribution in [0.3, 0.4) is 0 Å². The van der Waals surface area contributed by atoms with Crippen LogP contribution in [0.1, 0.15) is 25.5 Å². The summed E-state index contributed by atoms with van der Waals surface area (Å²) in [4.78, 5) is 9.89. The van der Waals surface area contributed by atoms with Crippen LogP contribution in [0.25, 0.3) is 10.8 Å². The summed E-state index contributed by atoms with van der Waals surface area (Å²) < 4.78 is 41.4. The fourth-order valence-electron chi connectivity index (χ4n) is 3.48. The van der Waals surface area contributed by atoms with Crippen molar-refractivity contribution in [2.24, 2.45) is 11.3 Å². The molecular formula is C23H23F3N6. The van der Waals surface area contributed by atoms with Crippen LogP contribution in [0.15, 0.2) is 36.5 Å². The molecule has 4 N–H and O–H groups in total. The molecule has 1 fully saturated rings. The lowest BCUT2D eigenvalue weighted by molar-refractivity contribution is 0.158. The minimum atomic E-state index is -2.69. The number of hydrogen-bond acceptors (Lipinski definition) is 6. The van der Waals surface area contributed by atoms with Crippen molar-refractivity contribution in [3.05, 3.63) is 48.0 Å². The van der Waals surface area contributed by atoms with Gasteiger partial charge in [0.05, 0.1) is 6.54 Å². The number of benzene rings is 1. The van der Waals surface area contributed by atoms with E-state index in [4.69, 9.17) is 11.6 Å². The van der Waals surface area contributed by atoms with E-state index in [1.807, 2.05) is 0 Å². The zero-order valence-electron chi connectivity index (χ0n) is 17.7. The van der Waals surface area contributed by atoms with Crippen LogP contribution >= 0.6 is 0 Å². The van der Waals surface area contributed by atoms with Gasteiger partial charge in [-0.15, -0.1) is 0 Å². The van der Waals surface area contributed by atoms with Crippen LogP contribution < -0.4 is 21.5 Å². The van der Waals surface area contributed by atoms with Crippen molar-refractivity contribution in [2.45, 2.75) is 26.2 Å². The number of anilines is 4. The van der Waals surface area contributed by atoms with E-state index < -0.39 is 18.8 Å². The number of nitrogens with two attached hydrogens (primary N) is 2. The summed E-state index contributed by atoms with van der Waals surface area (Å²) in [6.07, 6.45) is 0.868. The van der Waals surface area contributed by atoms with Crippen molar-refractivity contribution in [3.63, 3.8) is 0 Å². The second kappa shape index (κ2) is 8.20. The molecule has 2 aromatic heterocycles. The Bertz CT molecular complexity index is 1230. The zero-order chi connectivity index (χ0) is 23.0. The van der Waals surface area contributed by atoms with Crippen LogP contribution in [0, 0.1) is 23.1 Å². The largest absolute Gasteiger partial charge is 0.382 e. The van der Waals surface area contributed by atoms with E-state index in [2.05, 4.69) is 28.7 Å². The third kappa shape index (κ3) is 4.41. The molecule has 0 spiro atoms. The molecule has 0 saturated heterocycles. The maximum Gasteiger partial charge on any atom is 0.256 e. The topological polar surface area (TPSA) is 84.3 Å². The van der Waals surface area contributed by atoms with Gasteiger partial charge in [0.15, 0.2) is 5.82 Å². The Labute approximate surface area is 184 Å². The lowest BCUT2D eigenvalue weighted by atomic mass is 10.1. The first-order valence-corrected chi connectivity index (χ1v) is 10.1. The quantitative estimate of drug-likeness (QED) is 0.351. The molecule has 166 valence electrons. The number of nitrogens with zero attached hydrogens (tertiary/aromatic N) is 4. The summed E-state index contributed by atoms with van der Waals surface area (Å²) in [6, 6.07) is 7.20. The Hall–Kier alpha value is -3.51. The van der Waals surface area contributed by atoms with E-state index in [1.165, 1.54) is 34.3 Å². The molecule has 0 bridgehead atoms. The van der Waals surface area contributed by atoms with E-state index in [-0.39, 0.29) is 17.1 Å². The molecule has 0 atom stereocenters. The summed E-state index contributed by atoms with van der Waals surface area (Å²) >= 11 is 0. The summed E-state index contributed by atoms with van der Waals surface area (Å²) in [5.74, 6) is 11.7. The highest BCUT2D eigenvalue weighted by molar-refractivity contribution is 6.05. The average molecular weight is 440 g/mol. The molecule has 3 aromatic rings. The van der Waals surface area contributed by atoms with Crippen molar-refractivity contribution < 1.29 is 13.2 Å². The van der Waals surface area contributed by atoms with Crippen LogP contribution in [0.5, 0.6) is 0 Å². The van der Waals surface area contributed by atoms with Crippen molar-refractivity contribution in [2.75, 3.05) is 29.2 Å². The fraction of sp³-hybridized carbons (Fsp3) is 0.304. The Morgan fingerprint density at radius 3 is 2.59 bits per heavy atom. The van der Waals surface area contributed by atoms with Crippen molar-refractivity contribution in [3.8, 4) is 11.8 Å². The van der Waals surface area contributed by atoms with E-state index >= 15 is 0 Å². The van der Waals surface area contributed by atoms with Gasteiger partial charge in [-0.25, -0.2) is 29.0 Å². The van der Waals surface area contributed by atoms with Gasteiger partial charge in [-0.2, -0.15) is 0 Å². The number of hydrogen-bond donors (Lipinski definition) is 2. The first kappa shape index (κ1) is 21.7. The molecule has 0 aliphatic heterocycles. The average Bonchev–Trinajstić information content (AvgIpc) is 3.47. The van der Waals surface area contributed by atoms with Crippen LogP contribution in [-0.4, -0.2) is 30.0 Å². The minimum absolute atomic E-state index is 0.00579. The van der Waals surface area contributed by atoms with E-state index in [1.54, 1.807) is 19.2 Å². The smallest absolute Gasteiger partial charge is 0.256 e. The predicted molar refractivity (Wildman–Crippen MR) is 120 cm³/mol. The molecule has 1 aliphatic carbocycles. The van der Waals surface area contributed by atoms with Crippen LogP contribution in [-0.2, 0) is 0 Å². The van der Waals surface area contributed by atoms with Gasteiger partial charge in [0.1, 0.15) is 23.0 Å². The standard InChI is InChI=1S/C23H23F3N6/c1-23(8-9-23)7-5-15-12-16(6-10-29-15)32(13-19(25)26)22-18-11-14(24)3-4-17(18)20(31(2)28)21(27)30-22/h3-4,6,10-12,19H,8-9,13,28H2,1-2H3,(H2,27,30). The highest BCUT2D eigenvalue weighted by Gasteiger charge is 2.35. The summed E-state index contributed by atoms with van der Waals surface area (Å²) in [5.41, 5.74) is 7.35. The lowest BCUT2D eigenvalue weighted by Gasteiger charge is -2.27. The highest BCUT2D eigenvalue weighted by Crippen LogP contribution is 2.44. The maximum absolute atomic E-state index is 14.2. The fourth-order valence-corrected chi connectivity index (χ4v) is 3.48. The predicted octanol–water partition coefficient (Wildman–Crippen LogP) is 4.22. The Morgan fingerprint density at radius 2 is 1.94 bits per heavy atom. The van der Waals surface area contributed by atoms with Crippen molar-refractivity contribution >= 4 is 33.8 Å². The number of aromatic nitrogens is 2. The molecule has 6 nitrogen and oxygen atoms in total. The SMILES string of the molecule is CN(N)c1c(N)nc(N(CC(F)F)c2ccnc(C#CC3(C)CC3)c2)c2cc(F)ccc12. The normalized spacial score (nSPS) is 14.2. The number of nitrogen functional groups attached to an aromatic ring is 1. The molecule has 1 saturated carbocycles. The lowest BCUT2D eigenvalue weighted by Crippen LogP contribution is -2.29. The Kier molecular flexibility index (Phi) is 5.57. The first-order valence-electron chi connectivity index (χ1n) is 10.1. The zero-order valence-corrected chi connectivity index (χ0v) is 17.7. The number of alkyl halides is 2. The summed E-state index contributed by atoms with van der Waals surface area (Å²) in [5, 5.41) is 2.07. The van der Waals surface area contributed by atoms with Crippen LogP contribution in [0.4, 0.5) is 36.2 Å². The second-order valence-electron chi connectivity index (χ2n) is 8.18. The van der Waals surface area contributed by atoms with Crippen molar-refractivity contribution in [1.82, 2.24) is 9.97 Å². The van der Waals surface area contributed by atoms with Crippen LogP contribution in [0.2, 0.25) is 0 Å². The molecule has 2 heterocycles. The van der Waals surface area contributed by atoms with Gasteiger partial charge < -0.3 is 15.6 Å². The van der Waals surface area contributed by atoms with E-state index in [0.717, 1.165) is 12.8 Å². The van der Waals surface area contributed by atoms with Gasteiger partial charge >= 0.3 is 0 Å². The molecule has 0 unspecified atom stereocenters. The molecule has 4 rings (SSSR count). The van der Waals surface area contributed by atoms with E-state index in [9.17, 15) is 13.2 Å². The molecule has 1 aliphatic rings. The number of halogens is 3. The third-order valence-corrected chi connectivity index (χ3v) is 5.42. The monoisotopic (exact) mass is 440 g/mol. The highest BCUT2D eigenvalue weighted by atomic mass is 19.3. The Balaban J connectivity index is 1.89. The van der Waals surface area contributed by atoms with Gasteiger partial charge in [-0.3, -0.25) is 0 Å². The third-order valence-electron chi connectivity index (χ3n) is 5.42. The summed E-state index contributed by atoms with van der Waals surface area (Å²) in [6.45, 7) is 1.39. The second-order valence-corrected chi connectivity index (χ2v) is 8.18. The molecule has 0 amide bonds. The molecule has 32 heavy (non-hydrogen) atoms. The minimum Gasteiger partial charge on any atom is -0.382 e.